The Labute approximate surface area is 220 Å². The highest BCUT2D eigenvalue weighted by Crippen LogP contribution is 2.45. The fraction of sp³-hybridized carbons (Fsp3) is 0.552. The molecule has 2 aliphatic rings. The molecule has 3 aromatic rings. The van der Waals surface area contributed by atoms with Crippen LogP contribution in [0.4, 0.5) is 0 Å². The fourth-order valence-electron chi connectivity index (χ4n) is 6.47. The number of ether oxygens (including phenoxy) is 1. The van der Waals surface area contributed by atoms with Crippen molar-refractivity contribution in [3.05, 3.63) is 70.8 Å². The SMILES string of the molecule is CCOC(=O)[C@@H]1[C@H](c2ccccc2)[C@@H](N(Cc2cc(C)n(C)n2)Cc2cc(C)n(C)n2)[C@H]2CCCCN21. The molecule has 37 heavy (non-hydrogen) atoms. The molecule has 2 saturated heterocycles. The van der Waals surface area contributed by atoms with Crippen molar-refractivity contribution < 1.29 is 9.53 Å². The highest BCUT2D eigenvalue weighted by Gasteiger charge is 2.55. The highest BCUT2D eigenvalue weighted by atomic mass is 16.5. The Kier molecular flexibility index (Phi) is 7.49. The maximum atomic E-state index is 13.6. The average Bonchev–Trinajstić information content (AvgIpc) is 3.51. The molecule has 8 nitrogen and oxygen atoms in total. The zero-order valence-corrected chi connectivity index (χ0v) is 22.8. The summed E-state index contributed by atoms with van der Waals surface area (Å²) in [4.78, 5) is 18.5. The molecule has 198 valence electrons. The van der Waals surface area contributed by atoms with E-state index in [2.05, 4.69) is 60.0 Å². The monoisotopic (exact) mass is 504 g/mol. The molecule has 0 amide bonds. The van der Waals surface area contributed by atoms with Crippen molar-refractivity contribution in [3.8, 4) is 0 Å². The molecule has 4 heterocycles. The third kappa shape index (κ3) is 5.09. The van der Waals surface area contributed by atoms with E-state index in [0.29, 0.717) is 19.7 Å². The van der Waals surface area contributed by atoms with Crippen molar-refractivity contribution in [1.29, 1.82) is 0 Å². The van der Waals surface area contributed by atoms with Gasteiger partial charge in [-0.3, -0.25) is 24.0 Å². The second kappa shape index (κ2) is 10.8. The minimum absolute atomic E-state index is 0.00188. The number of carbonyl (C=O) groups is 1. The van der Waals surface area contributed by atoms with Gasteiger partial charge in [0.15, 0.2) is 0 Å². The third-order valence-electron chi connectivity index (χ3n) is 8.24. The lowest BCUT2D eigenvalue weighted by Crippen LogP contribution is -2.48. The van der Waals surface area contributed by atoms with E-state index < -0.39 is 0 Å². The Balaban J connectivity index is 1.61. The number of aryl methyl sites for hydroxylation is 4. The Hall–Kier alpha value is -2.97. The molecule has 2 aliphatic heterocycles. The second-order valence-corrected chi connectivity index (χ2v) is 10.6. The van der Waals surface area contributed by atoms with Crippen LogP contribution in [0, 0.1) is 13.8 Å². The lowest BCUT2D eigenvalue weighted by molar-refractivity contribution is -0.149. The summed E-state index contributed by atoms with van der Waals surface area (Å²) in [7, 11) is 3.99. The third-order valence-corrected chi connectivity index (χ3v) is 8.24. The smallest absolute Gasteiger partial charge is 0.324 e. The zero-order valence-electron chi connectivity index (χ0n) is 22.8. The quantitative estimate of drug-likeness (QED) is 0.436. The second-order valence-electron chi connectivity index (χ2n) is 10.6. The number of carbonyl (C=O) groups excluding carboxylic acids is 1. The van der Waals surface area contributed by atoms with Crippen LogP contribution in [-0.2, 0) is 36.7 Å². The van der Waals surface area contributed by atoms with Gasteiger partial charge in [-0.25, -0.2) is 0 Å². The van der Waals surface area contributed by atoms with Crippen LogP contribution in [0.3, 0.4) is 0 Å². The molecular weight excluding hydrogens is 464 g/mol. The largest absolute Gasteiger partial charge is 0.465 e. The minimum Gasteiger partial charge on any atom is -0.465 e. The number of nitrogens with zero attached hydrogens (tertiary/aromatic N) is 6. The highest BCUT2D eigenvalue weighted by molar-refractivity contribution is 5.78. The molecule has 0 aliphatic carbocycles. The van der Waals surface area contributed by atoms with Crippen molar-refractivity contribution in [3.63, 3.8) is 0 Å². The molecule has 0 bridgehead atoms. The van der Waals surface area contributed by atoms with Gasteiger partial charge in [-0.15, -0.1) is 0 Å². The maximum Gasteiger partial charge on any atom is 0.324 e. The first-order valence-electron chi connectivity index (χ1n) is 13.6. The van der Waals surface area contributed by atoms with Gasteiger partial charge in [0.2, 0.25) is 0 Å². The summed E-state index contributed by atoms with van der Waals surface area (Å²) >= 11 is 0. The first kappa shape index (κ1) is 25.7. The molecule has 0 spiro atoms. The number of piperidine rings is 1. The van der Waals surface area contributed by atoms with E-state index in [9.17, 15) is 4.79 Å². The van der Waals surface area contributed by atoms with E-state index in [-0.39, 0.29) is 30.0 Å². The van der Waals surface area contributed by atoms with Crippen LogP contribution in [0.2, 0.25) is 0 Å². The molecule has 5 rings (SSSR count). The number of hydrogen-bond donors (Lipinski definition) is 0. The molecule has 2 aromatic heterocycles. The average molecular weight is 505 g/mol. The van der Waals surface area contributed by atoms with Crippen molar-refractivity contribution in [1.82, 2.24) is 29.4 Å². The molecule has 1 aromatic carbocycles. The van der Waals surface area contributed by atoms with Crippen molar-refractivity contribution >= 4 is 5.97 Å². The van der Waals surface area contributed by atoms with E-state index in [1.807, 2.05) is 36.4 Å². The fourth-order valence-corrected chi connectivity index (χ4v) is 6.47. The van der Waals surface area contributed by atoms with Gasteiger partial charge in [0.1, 0.15) is 6.04 Å². The molecule has 0 radical (unpaired) electrons. The standard InChI is InChI=1S/C29H40N6O2/c1-6-37-29(36)28-26(22-12-8-7-9-13-22)27(25-14-10-11-15-35(25)28)34(18-23-16-20(2)32(4)30-23)19-24-17-21(3)33(5)31-24/h7-9,12-13,16-17,25-28H,6,10-11,14-15,18-19H2,1-5H3/t25-,26-,27+,28+/m1/s1. The van der Waals surface area contributed by atoms with E-state index in [0.717, 1.165) is 42.2 Å². The first-order valence-corrected chi connectivity index (χ1v) is 13.6. The van der Waals surface area contributed by atoms with Crippen LogP contribution < -0.4 is 0 Å². The van der Waals surface area contributed by atoms with Gasteiger partial charge in [0.25, 0.3) is 0 Å². The van der Waals surface area contributed by atoms with Crippen LogP contribution in [0.5, 0.6) is 0 Å². The summed E-state index contributed by atoms with van der Waals surface area (Å²) < 4.78 is 9.58. The summed E-state index contributed by atoms with van der Waals surface area (Å²) in [5.41, 5.74) is 5.55. The Morgan fingerprint density at radius 3 is 2.16 bits per heavy atom. The topological polar surface area (TPSA) is 68.4 Å². The van der Waals surface area contributed by atoms with E-state index >= 15 is 0 Å². The summed E-state index contributed by atoms with van der Waals surface area (Å²) in [5.74, 6) is -0.106. The van der Waals surface area contributed by atoms with E-state index in [4.69, 9.17) is 14.9 Å². The Morgan fingerprint density at radius 2 is 1.62 bits per heavy atom. The Bertz CT molecular complexity index is 1130. The normalized spacial score (nSPS) is 23.9. The molecular formula is C29H40N6O2. The lowest BCUT2D eigenvalue weighted by atomic mass is 9.84. The molecule has 0 unspecified atom stereocenters. The zero-order chi connectivity index (χ0) is 26.1. The summed E-state index contributed by atoms with van der Waals surface area (Å²) in [6, 6.07) is 15.0. The van der Waals surface area contributed by atoms with Crippen LogP contribution in [0.1, 0.15) is 60.4 Å². The molecule has 2 fully saturated rings. The van der Waals surface area contributed by atoms with Crippen LogP contribution in [0.25, 0.3) is 0 Å². The molecule has 0 saturated carbocycles. The van der Waals surface area contributed by atoms with Gasteiger partial charge in [-0.2, -0.15) is 10.2 Å². The van der Waals surface area contributed by atoms with Crippen LogP contribution >= 0.6 is 0 Å². The van der Waals surface area contributed by atoms with E-state index in [1.165, 1.54) is 12.0 Å². The van der Waals surface area contributed by atoms with Crippen molar-refractivity contribution in [2.75, 3.05) is 13.2 Å². The first-order chi connectivity index (χ1) is 17.9. The van der Waals surface area contributed by atoms with Gasteiger partial charge >= 0.3 is 5.97 Å². The summed E-state index contributed by atoms with van der Waals surface area (Å²) in [6.07, 6.45) is 3.36. The van der Waals surface area contributed by atoms with Gasteiger partial charge in [-0.05, 0) is 57.9 Å². The number of esters is 1. The van der Waals surface area contributed by atoms with Crippen LogP contribution in [-0.4, -0.2) is 66.6 Å². The number of rotatable bonds is 8. The van der Waals surface area contributed by atoms with Gasteiger partial charge in [0.05, 0.1) is 18.0 Å². The van der Waals surface area contributed by atoms with Gasteiger partial charge in [-0.1, -0.05) is 36.8 Å². The van der Waals surface area contributed by atoms with E-state index in [1.54, 1.807) is 0 Å². The van der Waals surface area contributed by atoms with Crippen molar-refractivity contribution in [2.24, 2.45) is 14.1 Å². The molecule has 0 N–H and O–H groups in total. The van der Waals surface area contributed by atoms with Gasteiger partial charge in [0, 0.05) is 56.6 Å². The molecule has 4 atom stereocenters. The lowest BCUT2D eigenvalue weighted by Gasteiger charge is -2.38. The maximum absolute atomic E-state index is 13.6. The molecule has 8 heteroatoms. The van der Waals surface area contributed by atoms with Crippen molar-refractivity contribution in [2.45, 2.75) is 77.2 Å². The number of hydrogen-bond acceptors (Lipinski definition) is 6. The summed E-state index contributed by atoms with van der Waals surface area (Å²) in [5, 5.41) is 9.63. The Morgan fingerprint density at radius 1 is 1.00 bits per heavy atom. The van der Waals surface area contributed by atoms with Gasteiger partial charge < -0.3 is 4.74 Å². The minimum atomic E-state index is -0.295. The predicted octanol–water partition coefficient (Wildman–Crippen LogP) is 3.72. The number of benzene rings is 1. The number of aromatic nitrogens is 4. The number of fused-ring (bicyclic) bond motifs is 1. The predicted molar refractivity (Wildman–Crippen MR) is 143 cm³/mol. The summed E-state index contributed by atoms with van der Waals surface area (Å²) in [6.45, 7) is 8.79. The van der Waals surface area contributed by atoms with Crippen LogP contribution in [0.15, 0.2) is 42.5 Å².